The van der Waals surface area contributed by atoms with E-state index in [2.05, 4.69) is 38.2 Å². The van der Waals surface area contributed by atoms with Gasteiger partial charge in [0, 0.05) is 19.3 Å². The standard InChI is InChI=1S/C51H89NO7/c1-6-8-10-12-14-16-18-20-22-24-26-28-30-32-34-36-38-40-42-50(54)59-47(45-57-44-43-48(51(55)56)52(3,4)5)46-58-49(53)41-39-37-35-33-31-29-27-25-23-21-19-17-15-13-11-9-7-2/h10,12,14,16,18,20,22,24,26,28,47-48H,6-9,11,13,15,17,19,21,23,25,27,29-46H2,1-5H3/p+1/b12-10+,16-14+,20-18+,24-22+,28-26+. The van der Waals surface area contributed by atoms with Gasteiger partial charge in [0.25, 0.3) is 0 Å². The Bertz CT molecular complexity index is 1150. The zero-order valence-electron chi connectivity index (χ0n) is 38.7. The summed E-state index contributed by atoms with van der Waals surface area (Å²) in [7, 11) is 5.52. The van der Waals surface area contributed by atoms with Crippen LogP contribution in [-0.2, 0) is 28.6 Å². The molecule has 2 unspecified atom stereocenters. The lowest BCUT2D eigenvalue weighted by atomic mass is 10.0. The van der Waals surface area contributed by atoms with Crippen LogP contribution in [0, 0.1) is 0 Å². The van der Waals surface area contributed by atoms with E-state index in [0.29, 0.717) is 19.3 Å². The third kappa shape index (κ3) is 40.2. The number of hydrogen-bond donors (Lipinski definition) is 1. The summed E-state index contributed by atoms with van der Waals surface area (Å²) in [5.41, 5.74) is 0. The van der Waals surface area contributed by atoms with E-state index in [4.69, 9.17) is 14.2 Å². The molecule has 8 heteroatoms. The molecule has 8 nitrogen and oxygen atoms in total. The van der Waals surface area contributed by atoms with E-state index < -0.39 is 18.1 Å². The summed E-state index contributed by atoms with van der Waals surface area (Å²) in [5, 5.41) is 9.64. The Morgan fingerprint density at radius 3 is 1.39 bits per heavy atom. The molecule has 0 rings (SSSR count). The Morgan fingerprint density at radius 2 is 0.932 bits per heavy atom. The first-order valence-electron chi connectivity index (χ1n) is 23.9. The molecule has 0 aromatic heterocycles. The molecule has 0 saturated heterocycles. The number of carbonyl (C=O) groups is 3. The Labute approximate surface area is 362 Å². The Balaban J connectivity index is 4.35. The first-order valence-corrected chi connectivity index (χ1v) is 23.9. The Morgan fingerprint density at radius 1 is 0.508 bits per heavy atom. The lowest BCUT2D eigenvalue weighted by Crippen LogP contribution is -2.50. The fourth-order valence-electron chi connectivity index (χ4n) is 6.83. The number of carbonyl (C=O) groups excluding carboxylic acids is 2. The van der Waals surface area contributed by atoms with E-state index in [1.165, 1.54) is 96.3 Å². The van der Waals surface area contributed by atoms with Crippen molar-refractivity contribution in [2.45, 2.75) is 206 Å². The van der Waals surface area contributed by atoms with E-state index in [9.17, 15) is 19.5 Å². The van der Waals surface area contributed by atoms with Crippen LogP contribution in [0.1, 0.15) is 194 Å². The number of carboxylic acids is 1. The highest BCUT2D eigenvalue weighted by Crippen LogP contribution is 2.15. The van der Waals surface area contributed by atoms with Crippen LogP contribution >= 0.6 is 0 Å². The summed E-state index contributed by atoms with van der Waals surface area (Å²) >= 11 is 0. The van der Waals surface area contributed by atoms with Gasteiger partial charge in [0.05, 0.1) is 34.4 Å². The number of likely N-dealkylation sites (N-methyl/N-ethyl adjacent to an activating group) is 1. The topological polar surface area (TPSA) is 99.1 Å². The van der Waals surface area contributed by atoms with Crippen molar-refractivity contribution >= 4 is 17.9 Å². The molecule has 340 valence electrons. The molecule has 0 aromatic rings. The molecule has 0 aliphatic carbocycles. The molecule has 0 radical (unpaired) electrons. The van der Waals surface area contributed by atoms with Crippen LogP contribution in [0.5, 0.6) is 0 Å². The summed E-state index contributed by atoms with van der Waals surface area (Å²) in [6.07, 6.45) is 51.1. The minimum absolute atomic E-state index is 0.0500. The molecule has 0 fully saturated rings. The highest BCUT2D eigenvalue weighted by Gasteiger charge is 2.31. The van der Waals surface area contributed by atoms with Gasteiger partial charge in [-0.3, -0.25) is 9.59 Å². The predicted octanol–water partition coefficient (Wildman–Crippen LogP) is 13.4. The van der Waals surface area contributed by atoms with Gasteiger partial charge in [0.1, 0.15) is 6.61 Å². The van der Waals surface area contributed by atoms with Crippen LogP contribution in [0.4, 0.5) is 0 Å². The average molecular weight is 829 g/mol. The summed E-state index contributed by atoms with van der Waals surface area (Å²) in [6, 6.07) is -0.621. The van der Waals surface area contributed by atoms with Crippen LogP contribution in [0.2, 0.25) is 0 Å². The maximum absolute atomic E-state index is 12.8. The minimum Gasteiger partial charge on any atom is -0.477 e. The molecule has 0 saturated carbocycles. The molecule has 0 aliphatic rings. The molecule has 0 aromatic carbocycles. The number of hydrogen-bond acceptors (Lipinski definition) is 6. The molecule has 0 heterocycles. The van der Waals surface area contributed by atoms with Crippen molar-refractivity contribution in [3.63, 3.8) is 0 Å². The maximum atomic E-state index is 12.8. The van der Waals surface area contributed by atoms with Crippen LogP contribution < -0.4 is 0 Å². The van der Waals surface area contributed by atoms with Crippen LogP contribution in [0.15, 0.2) is 60.8 Å². The fourth-order valence-corrected chi connectivity index (χ4v) is 6.83. The molecular formula is C51H90NO7+. The van der Waals surface area contributed by atoms with E-state index in [1.807, 2.05) is 57.6 Å². The zero-order chi connectivity index (χ0) is 43.5. The van der Waals surface area contributed by atoms with E-state index in [1.54, 1.807) is 0 Å². The average Bonchev–Trinajstić information content (AvgIpc) is 3.19. The Kier molecular flexibility index (Phi) is 39.6. The number of nitrogens with zero attached hydrogens (tertiary/aromatic N) is 1. The largest absolute Gasteiger partial charge is 0.477 e. The van der Waals surface area contributed by atoms with Gasteiger partial charge < -0.3 is 23.8 Å². The first-order chi connectivity index (χ1) is 28.6. The lowest BCUT2D eigenvalue weighted by Gasteiger charge is -2.31. The van der Waals surface area contributed by atoms with E-state index >= 15 is 0 Å². The molecule has 0 bridgehead atoms. The van der Waals surface area contributed by atoms with Crippen LogP contribution in [0.3, 0.4) is 0 Å². The fraction of sp³-hybridized carbons (Fsp3) is 0.745. The Hall–Kier alpha value is -2.97. The number of carboxylic acid groups (broad SMARTS) is 1. The van der Waals surface area contributed by atoms with Gasteiger partial charge in [-0.15, -0.1) is 0 Å². The maximum Gasteiger partial charge on any atom is 0.362 e. The molecule has 0 amide bonds. The second-order valence-electron chi connectivity index (χ2n) is 17.1. The smallest absolute Gasteiger partial charge is 0.362 e. The highest BCUT2D eigenvalue weighted by atomic mass is 16.6. The normalized spacial score (nSPS) is 13.4. The van der Waals surface area contributed by atoms with Crippen molar-refractivity contribution in [3.8, 4) is 0 Å². The monoisotopic (exact) mass is 829 g/mol. The lowest BCUT2D eigenvalue weighted by molar-refractivity contribution is -0.887. The van der Waals surface area contributed by atoms with E-state index in [-0.39, 0.29) is 36.2 Å². The second kappa shape index (κ2) is 41.8. The van der Waals surface area contributed by atoms with Gasteiger partial charge >= 0.3 is 17.9 Å². The van der Waals surface area contributed by atoms with Crippen LogP contribution in [0.25, 0.3) is 0 Å². The number of ether oxygens (including phenoxy) is 3. The minimum atomic E-state index is -0.880. The number of esters is 2. The van der Waals surface area contributed by atoms with E-state index in [0.717, 1.165) is 64.2 Å². The van der Waals surface area contributed by atoms with Gasteiger partial charge in [0.15, 0.2) is 12.1 Å². The number of quaternary nitrogens is 1. The van der Waals surface area contributed by atoms with Crippen molar-refractivity contribution in [1.82, 2.24) is 0 Å². The third-order valence-corrected chi connectivity index (χ3v) is 10.5. The summed E-state index contributed by atoms with van der Waals surface area (Å²) in [4.78, 5) is 37.1. The quantitative estimate of drug-likeness (QED) is 0.0283. The van der Waals surface area contributed by atoms with Gasteiger partial charge in [-0.2, -0.15) is 0 Å². The summed E-state index contributed by atoms with van der Waals surface area (Å²) in [6.45, 7) is 4.63. The van der Waals surface area contributed by atoms with Crippen molar-refractivity contribution in [3.05, 3.63) is 60.8 Å². The van der Waals surface area contributed by atoms with Crippen molar-refractivity contribution in [2.24, 2.45) is 0 Å². The molecule has 0 aliphatic heterocycles. The number of rotatable bonds is 42. The first kappa shape index (κ1) is 56.0. The highest BCUT2D eigenvalue weighted by molar-refractivity contribution is 5.72. The SMILES string of the molecule is CCC/C=C/C=C/C=C/C=C/C=C/CCCCCCCC(=O)OC(COCCC(C(=O)O)[N+](C)(C)C)COC(=O)CCCCCCCCCCCCCCCCCCC. The second-order valence-corrected chi connectivity index (χ2v) is 17.1. The summed E-state index contributed by atoms with van der Waals surface area (Å²) < 4.78 is 17.3. The molecule has 2 atom stereocenters. The molecular weight excluding hydrogens is 739 g/mol. The third-order valence-electron chi connectivity index (χ3n) is 10.5. The number of allylic oxidation sites excluding steroid dienone is 10. The van der Waals surface area contributed by atoms with Crippen molar-refractivity contribution < 1.29 is 38.2 Å². The van der Waals surface area contributed by atoms with Crippen LogP contribution in [-0.4, -0.2) is 80.6 Å². The summed E-state index contributed by atoms with van der Waals surface area (Å²) in [5.74, 6) is -1.50. The molecule has 0 spiro atoms. The van der Waals surface area contributed by atoms with Gasteiger partial charge in [-0.1, -0.05) is 203 Å². The zero-order valence-corrected chi connectivity index (χ0v) is 38.7. The van der Waals surface area contributed by atoms with Gasteiger partial charge in [-0.05, 0) is 32.1 Å². The number of unbranched alkanes of at least 4 members (excludes halogenated alkanes) is 22. The van der Waals surface area contributed by atoms with Gasteiger partial charge in [0.2, 0.25) is 0 Å². The van der Waals surface area contributed by atoms with Crippen molar-refractivity contribution in [1.29, 1.82) is 0 Å². The van der Waals surface area contributed by atoms with Gasteiger partial charge in [-0.25, -0.2) is 4.79 Å². The predicted molar refractivity (Wildman–Crippen MR) is 247 cm³/mol. The molecule has 59 heavy (non-hydrogen) atoms. The molecule has 1 N–H and O–H groups in total. The number of aliphatic carboxylic acids is 1. The van der Waals surface area contributed by atoms with Crippen molar-refractivity contribution in [2.75, 3.05) is 41.0 Å².